The average molecular weight is 495 g/mol. The Hall–Kier alpha value is -3.24. The molecule has 0 aliphatic rings. The number of thioether (sulfide) groups is 1. The summed E-state index contributed by atoms with van der Waals surface area (Å²) in [5.74, 6) is 0.375. The molecule has 0 aliphatic carbocycles. The standard InChI is InChI=1S/C21H15BrN6O2S/c1-12-4-2-3-5-16(12)28-20(30)15-9-23-26-19(15)25-21(28)31-11-14-8-18(29)27-10-13(22)6-7-17(27)24-14/h2-10H,11H2,1H3,(H,23,26). The number of para-hydroxylation sites is 1. The molecule has 0 saturated heterocycles. The number of benzene rings is 1. The lowest BCUT2D eigenvalue weighted by atomic mass is 10.2. The summed E-state index contributed by atoms with van der Waals surface area (Å²) >= 11 is 4.71. The molecule has 0 atom stereocenters. The van der Waals surface area contributed by atoms with Gasteiger partial charge in [0.15, 0.2) is 10.8 Å². The third kappa shape index (κ3) is 3.57. The van der Waals surface area contributed by atoms with Crippen molar-refractivity contribution in [2.75, 3.05) is 0 Å². The Kier molecular flexibility index (Phi) is 4.95. The summed E-state index contributed by atoms with van der Waals surface area (Å²) in [7, 11) is 0. The number of aryl methyl sites for hydroxylation is 1. The molecule has 4 heterocycles. The number of hydrogen-bond acceptors (Lipinski definition) is 6. The van der Waals surface area contributed by atoms with E-state index in [1.165, 1.54) is 28.4 Å². The molecule has 0 fully saturated rings. The Morgan fingerprint density at radius 2 is 1.97 bits per heavy atom. The van der Waals surface area contributed by atoms with Crippen LogP contribution in [0.5, 0.6) is 0 Å². The Balaban J connectivity index is 1.60. The van der Waals surface area contributed by atoms with Crippen LogP contribution in [0.4, 0.5) is 0 Å². The van der Waals surface area contributed by atoms with Crippen molar-refractivity contribution in [2.45, 2.75) is 17.8 Å². The highest BCUT2D eigenvalue weighted by Gasteiger charge is 2.16. The maximum absolute atomic E-state index is 13.2. The van der Waals surface area contributed by atoms with Gasteiger partial charge in [0.2, 0.25) is 0 Å². The monoisotopic (exact) mass is 494 g/mol. The van der Waals surface area contributed by atoms with Crippen LogP contribution in [0.25, 0.3) is 22.4 Å². The van der Waals surface area contributed by atoms with Crippen molar-refractivity contribution in [1.29, 1.82) is 0 Å². The number of fused-ring (bicyclic) bond motifs is 2. The molecule has 0 spiro atoms. The Labute approximate surface area is 188 Å². The van der Waals surface area contributed by atoms with Crippen LogP contribution in [-0.2, 0) is 5.75 Å². The van der Waals surface area contributed by atoms with Crippen molar-refractivity contribution < 1.29 is 0 Å². The van der Waals surface area contributed by atoms with Crippen LogP contribution in [0.3, 0.4) is 0 Å². The quantitative estimate of drug-likeness (QED) is 0.303. The topological polar surface area (TPSA) is 97.9 Å². The third-order valence-electron chi connectivity index (χ3n) is 4.83. The second-order valence-electron chi connectivity index (χ2n) is 6.90. The van der Waals surface area contributed by atoms with Crippen LogP contribution in [0.2, 0.25) is 0 Å². The lowest BCUT2D eigenvalue weighted by Gasteiger charge is -2.14. The first-order valence-electron chi connectivity index (χ1n) is 9.34. The van der Waals surface area contributed by atoms with Gasteiger partial charge in [-0.05, 0) is 46.6 Å². The van der Waals surface area contributed by atoms with Gasteiger partial charge in [-0.3, -0.25) is 23.7 Å². The van der Waals surface area contributed by atoms with Crippen LogP contribution >= 0.6 is 27.7 Å². The molecule has 0 aliphatic heterocycles. The van der Waals surface area contributed by atoms with E-state index in [4.69, 9.17) is 0 Å². The number of aromatic nitrogens is 6. The van der Waals surface area contributed by atoms with E-state index in [0.29, 0.717) is 33.3 Å². The van der Waals surface area contributed by atoms with Gasteiger partial charge in [0.25, 0.3) is 11.1 Å². The number of rotatable bonds is 4. The molecule has 5 rings (SSSR count). The van der Waals surface area contributed by atoms with Gasteiger partial charge in [0.05, 0.1) is 17.6 Å². The fraction of sp³-hybridized carbons (Fsp3) is 0.0952. The summed E-state index contributed by atoms with van der Waals surface area (Å²) in [5.41, 5.74) is 2.91. The number of halogens is 1. The highest BCUT2D eigenvalue weighted by atomic mass is 79.9. The number of nitrogens with one attached hydrogen (secondary N) is 1. The van der Waals surface area contributed by atoms with Crippen molar-refractivity contribution in [1.82, 2.24) is 29.1 Å². The third-order valence-corrected chi connectivity index (χ3v) is 6.27. The number of hydrogen-bond donors (Lipinski definition) is 1. The summed E-state index contributed by atoms with van der Waals surface area (Å²) in [6, 6.07) is 12.7. The molecule has 5 aromatic rings. The minimum absolute atomic E-state index is 0.171. The molecule has 154 valence electrons. The molecular formula is C21H15BrN6O2S. The SMILES string of the molecule is Cc1ccccc1-n1c(SCc2cc(=O)n3cc(Br)ccc3n2)nc2[nH]ncc2c1=O. The molecule has 1 aromatic carbocycles. The second kappa shape index (κ2) is 7.78. The van der Waals surface area contributed by atoms with Gasteiger partial charge in [0, 0.05) is 22.5 Å². The van der Waals surface area contributed by atoms with E-state index in [2.05, 4.69) is 36.1 Å². The molecule has 0 radical (unpaired) electrons. The predicted molar refractivity (Wildman–Crippen MR) is 123 cm³/mol. The number of H-pyrrole nitrogens is 1. The summed E-state index contributed by atoms with van der Waals surface area (Å²) < 4.78 is 3.87. The molecule has 0 saturated carbocycles. The first-order chi connectivity index (χ1) is 15.0. The van der Waals surface area contributed by atoms with Crippen LogP contribution in [0, 0.1) is 6.92 Å². The van der Waals surface area contributed by atoms with Crippen LogP contribution in [0.1, 0.15) is 11.3 Å². The van der Waals surface area contributed by atoms with E-state index < -0.39 is 0 Å². The van der Waals surface area contributed by atoms with Gasteiger partial charge >= 0.3 is 0 Å². The summed E-state index contributed by atoms with van der Waals surface area (Å²) in [4.78, 5) is 34.9. The molecule has 0 unspecified atom stereocenters. The van der Waals surface area contributed by atoms with Gasteiger partial charge in [-0.2, -0.15) is 5.10 Å². The average Bonchev–Trinajstić information content (AvgIpc) is 3.23. The maximum atomic E-state index is 13.2. The molecule has 4 aromatic heterocycles. The van der Waals surface area contributed by atoms with Gasteiger partial charge in [-0.25, -0.2) is 9.97 Å². The van der Waals surface area contributed by atoms with Crippen molar-refractivity contribution in [3.63, 3.8) is 0 Å². The minimum atomic E-state index is -0.202. The summed E-state index contributed by atoms with van der Waals surface area (Å²) in [6.07, 6.45) is 3.17. The normalized spacial score (nSPS) is 11.4. The first kappa shape index (κ1) is 19.7. The lowest BCUT2D eigenvalue weighted by Crippen LogP contribution is -2.22. The molecule has 1 N–H and O–H groups in total. The Bertz CT molecular complexity index is 1570. The summed E-state index contributed by atoms with van der Waals surface area (Å²) in [6.45, 7) is 1.94. The van der Waals surface area contributed by atoms with E-state index in [1.807, 2.05) is 37.3 Å². The van der Waals surface area contributed by atoms with Crippen molar-refractivity contribution in [2.24, 2.45) is 0 Å². The van der Waals surface area contributed by atoms with Crippen molar-refractivity contribution in [3.05, 3.63) is 91.3 Å². The number of aromatic amines is 1. The lowest BCUT2D eigenvalue weighted by molar-refractivity contribution is 0.810. The maximum Gasteiger partial charge on any atom is 0.269 e. The zero-order chi connectivity index (χ0) is 21.5. The second-order valence-corrected chi connectivity index (χ2v) is 8.76. The van der Waals surface area contributed by atoms with Gasteiger partial charge in [-0.15, -0.1) is 0 Å². The van der Waals surface area contributed by atoms with E-state index in [0.717, 1.165) is 15.7 Å². The van der Waals surface area contributed by atoms with E-state index >= 15 is 0 Å². The molecule has 10 heteroatoms. The zero-order valence-electron chi connectivity index (χ0n) is 16.2. The fourth-order valence-corrected chi connectivity index (χ4v) is 4.56. The Morgan fingerprint density at radius 1 is 1.13 bits per heavy atom. The molecule has 31 heavy (non-hydrogen) atoms. The van der Waals surface area contributed by atoms with E-state index in [1.54, 1.807) is 16.8 Å². The molecular weight excluding hydrogens is 480 g/mol. The van der Waals surface area contributed by atoms with Gasteiger partial charge < -0.3 is 0 Å². The van der Waals surface area contributed by atoms with E-state index in [-0.39, 0.29) is 11.1 Å². The van der Waals surface area contributed by atoms with Crippen molar-refractivity contribution >= 4 is 44.4 Å². The highest BCUT2D eigenvalue weighted by Crippen LogP contribution is 2.25. The van der Waals surface area contributed by atoms with Gasteiger partial charge in [0.1, 0.15) is 11.0 Å². The van der Waals surface area contributed by atoms with Crippen LogP contribution in [-0.4, -0.2) is 29.1 Å². The smallest absolute Gasteiger partial charge is 0.269 e. The molecule has 0 amide bonds. The minimum Gasteiger partial charge on any atom is -0.269 e. The van der Waals surface area contributed by atoms with Crippen LogP contribution in [0.15, 0.2) is 74.1 Å². The largest absolute Gasteiger partial charge is 0.269 e. The molecule has 8 nitrogen and oxygen atoms in total. The predicted octanol–water partition coefficient (Wildman–Crippen LogP) is 3.48. The number of pyridine rings is 1. The fourth-order valence-electron chi connectivity index (χ4n) is 3.34. The zero-order valence-corrected chi connectivity index (χ0v) is 18.6. The van der Waals surface area contributed by atoms with Crippen molar-refractivity contribution in [3.8, 4) is 5.69 Å². The van der Waals surface area contributed by atoms with E-state index in [9.17, 15) is 9.59 Å². The van der Waals surface area contributed by atoms with Crippen LogP contribution < -0.4 is 11.1 Å². The van der Waals surface area contributed by atoms with Gasteiger partial charge in [-0.1, -0.05) is 30.0 Å². The highest BCUT2D eigenvalue weighted by molar-refractivity contribution is 9.10. The first-order valence-corrected chi connectivity index (χ1v) is 11.1. The molecule has 0 bridgehead atoms. The summed E-state index contributed by atoms with van der Waals surface area (Å²) in [5, 5.41) is 7.64. The number of nitrogens with zero attached hydrogens (tertiary/aromatic N) is 5. The Morgan fingerprint density at radius 3 is 2.81 bits per heavy atom.